The summed E-state index contributed by atoms with van der Waals surface area (Å²) >= 11 is 0. The van der Waals surface area contributed by atoms with Crippen molar-refractivity contribution < 1.29 is 89.4 Å². The zero-order valence-corrected chi connectivity index (χ0v) is 20.9. The van der Waals surface area contributed by atoms with E-state index in [1.54, 1.807) is 0 Å². The summed E-state index contributed by atoms with van der Waals surface area (Å²) in [7, 11) is 0. The number of amides is 1. The molecule has 0 aromatic heterocycles. The van der Waals surface area contributed by atoms with E-state index in [4.69, 9.17) is 34.2 Å². The summed E-state index contributed by atoms with van der Waals surface area (Å²) in [6.45, 7) is -2.51. The number of aliphatic hydroxyl groups excluding tert-OH is 11. The lowest BCUT2D eigenvalue weighted by Crippen LogP contribution is -2.67. The second-order valence-electron chi connectivity index (χ2n) is 9.57. The Bertz CT molecular complexity index is 806. The van der Waals surface area contributed by atoms with Crippen LogP contribution in [-0.2, 0) is 33.2 Å². The van der Waals surface area contributed by atoms with Crippen LogP contribution in [0, 0.1) is 0 Å². The quantitative estimate of drug-likeness (QED) is 0.0992. The Morgan fingerprint density at radius 1 is 0.650 bits per heavy atom. The molecule has 3 aliphatic heterocycles. The molecule has 0 aromatic rings. The standard InChI is InChI=1S/C21H37NO18/c22-8(26)1-9(27)38-18-11(29)10(28)5(2-23)36-21(18)40-17-7(4-25)37-20(15(33)13(17)31)39-16-6(3-24)35-19(34)14(32)12(16)30/h5-7,9-21,23-25,27-34H,1-4H2,(H2,22,26). The van der Waals surface area contributed by atoms with Crippen LogP contribution in [-0.4, -0.2) is 180 Å². The molecule has 3 saturated heterocycles. The van der Waals surface area contributed by atoms with Gasteiger partial charge in [0, 0.05) is 0 Å². The Kier molecular flexibility index (Phi) is 11.9. The van der Waals surface area contributed by atoms with E-state index in [1.807, 2.05) is 0 Å². The minimum atomic E-state index is -1.99. The second-order valence-corrected chi connectivity index (χ2v) is 9.57. The van der Waals surface area contributed by atoms with E-state index in [0.29, 0.717) is 0 Å². The second kappa shape index (κ2) is 14.3. The fraction of sp³-hybridized carbons (Fsp3) is 0.952. The van der Waals surface area contributed by atoms with E-state index in [9.17, 15) is 61.0 Å². The smallest absolute Gasteiger partial charge is 0.222 e. The lowest BCUT2D eigenvalue weighted by molar-refractivity contribution is -0.384. The molecule has 3 aliphatic rings. The van der Waals surface area contributed by atoms with Gasteiger partial charge in [-0.3, -0.25) is 4.79 Å². The van der Waals surface area contributed by atoms with Crippen LogP contribution in [0.4, 0.5) is 0 Å². The van der Waals surface area contributed by atoms with Gasteiger partial charge < -0.3 is 90.3 Å². The monoisotopic (exact) mass is 591 g/mol. The Balaban J connectivity index is 1.78. The van der Waals surface area contributed by atoms with Crippen molar-refractivity contribution in [3.8, 4) is 0 Å². The maximum Gasteiger partial charge on any atom is 0.222 e. The number of ether oxygens (including phenoxy) is 6. The number of aliphatic hydroxyl groups is 11. The van der Waals surface area contributed by atoms with Gasteiger partial charge >= 0.3 is 0 Å². The summed E-state index contributed by atoms with van der Waals surface area (Å²) in [6.07, 6.45) is -28.8. The summed E-state index contributed by atoms with van der Waals surface area (Å²) in [6, 6.07) is 0. The third-order valence-electron chi connectivity index (χ3n) is 6.76. The fourth-order valence-corrected chi connectivity index (χ4v) is 4.59. The number of carbonyl (C=O) groups is 1. The van der Waals surface area contributed by atoms with E-state index in [0.717, 1.165) is 0 Å². The first-order chi connectivity index (χ1) is 18.8. The topological polar surface area (TPSA) is 321 Å². The summed E-state index contributed by atoms with van der Waals surface area (Å²) in [5.74, 6) is -0.977. The Hall–Kier alpha value is -1.21. The number of carbonyl (C=O) groups excluding carboxylic acids is 1. The van der Waals surface area contributed by atoms with Crippen LogP contribution in [0.15, 0.2) is 0 Å². The van der Waals surface area contributed by atoms with Crippen molar-refractivity contribution in [3.63, 3.8) is 0 Å². The first kappa shape index (κ1) is 33.3. The van der Waals surface area contributed by atoms with Crippen molar-refractivity contribution in [1.82, 2.24) is 0 Å². The first-order valence-electron chi connectivity index (χ1n) is 12.3. The third kappa shape index (κ3) is 7.22. The van der Waals surface area contributed by atoms with E-state index >= 15 is 0 Å². The average molecular weight is 592 g/mol. The number of primary amides is 1. The van der Waals surface area contributed by atoms with Crippen molar-refractivity contribution in [2.45, 2.75) is 105 Å². The van der Waals surface area contributed by atoms with Gasteiger partial charge in [0.15, 0.2) is 25.2 Å². The summed E-state index contributed by atoms with van der Waals surface area (Å²) in [5.41, 5.74) is 5.01. The molecular formula is C21H37NO18. The van der Waals surface area contributed by atoms with Crippen molar-refractivity contribution in [3.05, 3.63) is 0 Å². The van der Waals surface area contributed by atoms with Crippen LogP contribution >= 0.6 is 0 Å². The minimum Gasteiger partial charge on any atom is -0.394 e. The van der Waals surface area contributed by atoms with Gasteiger partial charge in [-0.15, -0.1) is 0 Å². The van der Waals surface area contributed by atoms with Crippen LogP contribution in [0.1, 0.15) is 6.42 Å². The molecule has 234 valence electrons. The number of rotatable bonds is 11. The Morgan fingerprint density at radius 3 is 1.68 bits per heavy atom. The predicted molar refractivity (Wildman–Crippen MR) is 120 cm³/mol. The van der Waals surface area contributed by atoms with Crippen molar-refractivity contribution in [2.75, 3.05) is 19.8 Å². The summed E-state index contributed by atoms with van der Waals surface area (Å²) in [5, 5.41) is 111. The SMILES string of the molecule is NC(=O)CC(O)OC1C(OC2C(CO)OC(OC3C(CO)OC(O)C(O)C3O)C(O)C2O)OC(CO)C(O)C1O. The molecular weight excluding hydrogens is 554 g/mol. The van der Waals surface area contributed by atoms with Crippen LogP contribution in [0.3, 0.4) is 0 Å². The molecule has 0 aromatic carbocycles. The molecule has 19 nitrogen and oxygen atoms in total. The van der Waals surface area contributed by atoms with Crippen LogP contribution < -0.4 is 5.73 Å². The number of hydrogen-bond acceptors (Lipinski definition) is 18. The van der Waals surface area contributed by atoms with Gasteiger partial charge in [-0.1, -0.05) is 0 Å². The van der Waals surface area contributed by atoms with Gasteiger partial charge in [0.05, 0.1) is 26.2 Å². The third-order valence-corrected chi connectivity index (χ3v) is 6.76. The predicted octanol–water partition coefficient (Wildman–Crippen LogP) is -8.35. The van der Waals surface area contributed by atoms with E-state index < -0.39 is 131 Å². The van der Waals surface area contributed by atoms with Crippen LogP contribution in [0.25, 0.3) is 0 Å². The normalized spacial score (nSPS) is 47.1. The molecule has 16 unspecified atom stereocenters. The van der Waals surface area contributed by atoms with Crippen LogP contribution in [0.2, 0.25) is 0 Å². The maximum absolute atomic E-state index is 11.1. The van der Waals surface area contributed by atoms with Crippen LogP contribution in [0.5, 0.6) is 0 Å². The first-order valence-corrected chi connectivity index (χ1v) is 12.3. The molecule has 0 aliphatic carbocycles. The van der Waals surface area contributed by atoms with Crippen molar-refractivity contribution in [2.24, 2.45) is 5.73 Å². The highest BCUT2D eigenvalue weighted by Crippen LogP contribution is 2.33. The van der Waals surface area contributed by atoms with E-state index in [2.05, 4.69) is 0 Å². The van der Waals surface area contributed by atoms with Gasteiger partial charge in [-0.25, -0.2) is 0 Å². The average Bonchev–Trinajstić information content (AvgIpc) is 2.91. The molecule has 40 heavy (non-hydrogen) atoms. The largest absolute Gasteiger partial charge is 0.394 e. The number of hydrogen-bond donors (Lipinski definition) is 12. The molecule has 1 amide bonds. The molecule has 0 bridgehead atoms. The molecule has 0 saturated carbocycles. The molecule has 0 spiro atoms. The molecule has 16 atom stereocenters. The van der Waals surface area contributed by atoms with Crippen molar-refractivity contribution in [1.29, 1.82) is 0 Å². The number of nitrogens with two attached hydrogens (primary N) is 1. The Morgan fingerprint density at radius 2 is 1.12 bits per heavy atom. The molecule has 19 heteroatoms. The molecule has 3 rings (SSSR count). The molecule has 13 N–H and O–H groups in total. The molecule has 0 radical (unpaired) electrons. The highest BCUT2D eigenvalue weighted by Gasteiger charge is 2.54. The lowest BCUT2D eigenvalue weighted by atomic mass is 9.96. The van der Waals surface area contributed by atoms with Gasteiger partial charge in [0.25, 0.3) is 0 Å². The van der Waals surface area contributed by atoms with Gasteiger partial charge in [0.1, 0.15) is 73.2 Å². The van der Waals surface area contributed by atoms with Crippen molar-refractivity contribution >= 4 is 5.91 Å². The highest BCUT2D eigenvalue weighted by atomic mass is 16.8. The van der Waals surface area contributed by atoms with E-state index in [-0.39, 0.29) is 0 Å². The lowest BCUT2D eigenvalue weighted by Gasteiger charge is -2.48. The van der Waals surface area contributed by atoms with Gasteiger partial charge in [0.2, 0.25) is 5.91 Å². The zero-order valence-electron chi connectivity index (χ0n) is 20.9. The zero-order chi connectivity index (χ0) is 29.9. The Labute approximate surface area is 226 Å². The summed E-state index contributed by atoms with van der Waals surface area (Å²) in [4.78, 5) is 11.1. The van der Waals surface area contributed by atoms with Gasteiger partial charge in [-0.2, -0.15) is 0 Å². The molecule has 3 fully saturated rings. The summed E-state index contributed by atoms with van der Waals surface area (Å²) < 4.78 is 32.1. The minimum absolute atomic E-state index is 0.723. The van der Waals surface area contributed by atoms with Gasteiger partial charge in [-0.05, 0) is 0 Å². The fourth-order valence-electron chi connectivity index (χ4n) is 4.59. The maximum atomic E-state index is 11.1. The molecule has 3 heterocycles. The highest BCUT2D eigenvalue weighted by molar-refractivity contribution is 5.74. The van der Waals surface area contributed by atoms with E-state index in [1.165, 1.54) is 0 Å².